The van der Waals surface area contributed by atoms with Gasteiger partial charge in [0.25, 0.3) is 0 Å². The number of halogens is 1. The maximum absolute atomic E-state index is 12.3. The maximum atomic E-state index is 12.3. The predicted octanol–water partition coefficient (Wildman–Crippen LogP) is 4.04. The number of urea groups is 1. The second kappa shape index (κ2) is 9.41. The number of ether oxygens (including phenoxy) is 2. The summed E-state index contributed by atoms with van der Waals surface area (Å²) < 4.78 is 11.3. The smallest absolute Gasteiger partial charge is 0.319 e. The average molecular weight is 391 g/mol. The summed E-state index contributed by atoms with van der Waals surface area (Å²) in [4.78, 5) is 20.4. The minimum Gasteiger partial charge on any atom is -0.492 e. The molecule has 0 bridgehead atoms. The molecule has 27 heavy (non-hydrogen) atoms. The normalized spacial score (nSPS) is 19.2. The van der Waals surface area contributed by atoms with Crippen molar-refractivity contribution < 1.29 is 14.3 Å². The molecule has 0 saturated heterocycles. The number of hydrogen-bond donors (Lipinski definition) is 2. The lowest BCUT2D eigenvalue weighted by Gasteiger charge is -2.28. The van der Waals surface area contributed by atoms with Crippen LogP contribution in [-0.4, -0.2) is 34.8 Å². The second-order valence-corrected chi connectivity index (χ2v) is 6.74. The fraction of sp³-hybridized carbons (Fsp3) is 0.421. The summed E-state index contributed by atoms with van der Waals surface area (Å²) >= 11 is 5.77. The molecule has 0 atom stereocenters. The third-order valence-electron chi connectivity index (χ3n) is 4.31. The SMILES string of the molecule is CCOc1ccccc1NC(=O)NC1CCC(Oc2ncc(Cl)cn2)CC1. The van der Waals surface area contributed by atoms with E-state index in [1.165, 1.54) is 12.4 Å². The van der Waals surface area contributed by atoms with Gasteiger partial charge >= 0.3 is 12.0 Å². The van der Waals surface area contributed by atoms with Crippen molar-refractivity contribution in [2.45, 2.75) is 44.8 Å². The van der Waals surface area contributed by atoms with E-state index in [9.17, 15) is 4.79 Å². The molecule has 0 unspecified atom stereocenters. The highest BCUT2D eigenvalue weighted by Crippen LogP contribution is 2.25. The zero-order valence-electron chi connectivity index (χ0n) is 15.2. The van der Waals surface area contributed by atoms with Gasteiger partial charge in [-0.2, -0.15) is 0 Å². The zero-order chi connectivity index (χ0) is 19.1. The molecule has 1 heterocycles. The van der Waals surface area contributed by atoms with Gasteiger partial charge in [0.15, 0.2) is 0 Å². The van der Waals surface area contributed by atoms with Crippen LogP contribution in [0.1, 0.15) is 32.6 Å². The van der Waals surface area contributed by atoms with Crippen molar-refractivity contribution in [3.63, 3.8) is 0 Å². The van der Waals surface area contributed by atoms with Crippen molar-refractivity contribution in [3.8, 4) is 11.8 Å². The minimum absolute atomic E-state index is 0.0472. The van der Waals surface area contributed by atoms with Crippen molar-refractivity contribution in [2.75, 3.05) is 11.9 Å². The van der Waals surface area contributed by atoms with E-state index in [1.54, 1.807) is 0 Å². The predicted molar refractivity (Wildman–Crippen MR) is 103 cm³/mol. The summed E-state index contributed by atoms with van der Waals surface area (Å²) in [6.45, 7) is 2.45. The van der Waals surface area contributed by atoms with Crippen LogP contribution in [0.3, 0.4) is 0 Å². The van der Waals surface area contributed by atoms with Crippen molar-refractivity contribution in [1.82, 2.24) is 15.3 Å². The molecule has 1 saturated carbocycles. The quantitative estimate of drug-likeness (QED) is 0.777. The molecule has 0 radical (unpaired) electrons. The van der Waals surface area contributed by atoms with Crippen LogP contribution in [-0.2, 0) is 0 Å². The Morgan fingerprint density at radius 2 is 1.89 bits per heavy atom. The first-order valence-corrected chi connectivity index (χ1v) is 9.45. The van der Waals surface area contributed by atoms with Gasteiger partial charge in [-0.25, -0.2) is 14.8 Å². The standard InChI is InChI=1S/C19H23ClN4O3/c1-2-26-17-6-4-3-5-16(17)24-18(25)23-14-7-9-15(10-8-14)27-19-21-11-13(20)12-22-19/h3-6,11-12,14-15H,2,7-10H2,1H3,(H2,23,24,25). The van der Waals surface area contributed by atoms with Crippen LogP contribution in [0.5, 0.6) is 11.8 Å². The molecule has 2 amide bonds. The molecule has 1 aliphatic carbocycles. The number of hydrogen-bond acceptors (Lipinski definition) is 5. The van der Waals surface area contributed by atoms with E-state index >= 15 is 0 Å². The van der Waals surface area contributed by atoms with Gasteiger partial charge in [0.1, 0.15) is 11.9 Å². The minimum atomic E-state index is -0.229. The Morgan fingerprint density at radius 3 is 2.59 bits per heavy atom. The van der Waals surface area contributed by atoms with Crippen LogP contribution in [0.15, 0.2) is 36.7 Å². The number of anilines is 1. The molecular weight excluding hydrogens is 368 g/mol. The molecule has 1 aromatic heterocycles. The lowest BCUT2D eigenvalue weighted by Crippen LogP contribution is -2.41. The molecule has 1 aromatic carbocycles. The number of benzene rings is 1. The molecule has 144 valence electrons. The summed E-state index contributed by atoms with van der Waals surface area (Å²) in [5.41, 5.74) is 0.661. The van der Waals surface area contributed by atoms with Gasteiger partial charge in [-0.1, -0.05) is 23.7 Å². The number of carbonyl (C=O) groups is 1. The average Bonchev–Trinajstić information content (AvgIpc) is 2.67. The molecule has 0 aliphatic heterocycles. The summed E-state index contributed by atoms with van der Waals surface area (Å²) in [5, 5.41) is 6.36. The van der Waals surface area contributed by atoms with Crippen molar-refractivity contribution in [3.05, 3.63) is 41.7 Å². The van der Waals surface area contributed by atoms with E-state index in [1.807, 2.05) is 31.2 Å². The van der Waals surface area contributed by atoms with E-state index in [0.29, 0.717) is 29.1 Å². The first kappa shape index (κ1) is 19.2. The Kier molecular flexibility index (Phi) is 6.70. The van der Waals surface area contributed by atoms with Gasteiger partial charge in [-0.05, 0) is 44.7 Å². The molecule has 3 rings (SSSR count). The molecule has 1 fully saturated rings. The van der Waals surface area contributed by atoms with Gasteiger partial charge < -0.3 is 20.1 Å². The van der Waals surface area contributed by atoms with Crippen molar-refractivity contribution >= 4 is 23.3 Å². The number of rotatable bonds is 6. The molecular formula is C19H23ClN4O3. The zero-order valence-corrected chi connectivity index (χ0v) is 15.9. The monoisotopic (exact) mass is 390 g/mol. The molecule has 2 N–H and O–H groups in total. The van der Waals surface area contributed by atoms with Crippen LogP contribution >= 0.6 is 11.6 Å². The molecule has 7 nitrogen and oxygen atoms in total. The van der Waals surface area contributed by atoms with Crippen LogP contribution in [0.4, 0.5) is 10.5 Å². The van der Waals surface area contributed by atoms with Crippen LogP contribution in [0.25, 0.3) is 0 Å². The number of para-hydroxylation sites is 2. The maximum Gasteiger partial charge on any atom is 0.319 e. The number of nitrogens with zero attached hydrogens (tertiary/aromatic N) is 2. The first-order chi connectivity index (χ1) is 13.1. The fourth-order valence-corrected chi connectivity index (χ4v) is 3.13. The highest BCUT2D eigenvalue weighted by Gasteiger charge is 2.24. The Bertz CT molecular complexity index is 749. The second-order valence-electron chi connectivity index (χ2n) is 6.30. The number of nitrogens with one attached hydrogen (secondary N) is 2. The van der Waals surface area contributed by atoms with Crippen LogP contribution in [0, 0.1) is 0 Å². The molecule has 8 heteroatoms. The Balaban J connectivity index is 1.45. The third-order valence-corrected chi connectivity index (χ3v) is 4.51. The van der Waals surface area contributed by atoms with E-state index in [2.05, 4.69) is 20.6 Å². The Morgan fingerprint density at radius 1 is 1.19 bits per heavy atom. The molecule has 1 aliphatic rings. The lowest BCUT2D eigenvalue weighted by molar-refractivity contribution is 0.129. The largest absolute Gasteiger partial charge is 0.492 e. The first-order valence-electron chi connectivity index (χ1n) is 9.07. The van der Waals surface area contributed by atoms with Gasteiger partial charge in [0, 0.05) is 6.04 Å². The summed E-state index contributed by atoms with van der Waals surface area (Å²) in [5.74, 6) is 0.662. The highest BCUT2D eigenvalue weighted by molar-refractivity contribution is 6.30. The number of amides is 2. The van der Waals surface area contributed by atoms with E-state index in [0.717, 1.165) is 25.7 Å². The molecule has 2 aromatic rings. The Labute approximate surface area is 163 Å². The van der Waals surface area contributed by atoms with Gasteiger partial charge in [0.2, 0.25) is 0 Å². The topological polar surface area (TPSA) is 85.4 Å². The Hall–Kier alpha value is -2.54. The van der Waals surface area contributed by atoms with Crippen molar-refractivity contribution in [1.29, 1.82) is 0 Å². The van der Waals surface area contributed by atoms with Gasteiger partial charge in [-0.15, -0.1) is 0 Å². The van der Waals surface area contributed by atoms with E-state index in [-0.39, 0.29) is 18.2 Å². The summed E-state index contributed by atoms with van der Waals surface area (Å²) in [6, 6.07) is 7.60. The van der Waals surface area contributed by atoms with Crippen LogP contribution < -0.4 is 20.1 Å². The summed E-state index contributed by atoms with van der Waals surface area (Å²) in [7, 11) is 0. The number of carbonyl (C=O) groups excluding carboxylic acids is 1. The molecule has 0 spiro atoms. The van der Waals surface area contributed by atoms with E-state index < -0.39 is 0 Å². The highest BCUT2D eigenvalue weighted by atomic mass is 35.5. The van der Waals surface area contributed by atoms with E-state index in [4.69, 9.17) is 21.1 Å². The third kappa shape index (κ3) is 5.72. The van der Waals surface area contributed by atoms with Crippen molar-refractivity contribution in [2.24, 2.45) is 0 Å². The fourth-order valence-electron chi connectivity index (χ4n) is 3.03. The van der Waals surface area contributed by atoms with Gasteiger partial charge in [-0.3, -0.25) is 0 Å². The van der Waals surface area contributed by atoms with Gasteiger partial charge in [0.05, 0.1) is 29.7 Å². The lowest BCUT2D eigenvalue weighted by atomic mass is 9.93. The number of aromatic nitrogens is 2. The van der Waals surface area contributed by atoms with Crippen LogP contribution in [0.2, 0.25) is 5.02 Å². The summed E-state index contributed by atoms with van der Waals surface area (Å²) in [6.07, 6.45) is 6.39.